The number of benzene rings is 2. The van der Waals surface area contributed by atoms with Gasteiger partial charge in [-0.1, -0.05) is 17.7 Å². The van der Waals surface area contributed by atoms with Crippen LogP contribution in [0.25, 0.3) is 11.0 Å². The van der Waals surface area contributed by atoms with Crippen LogP contribution >= 0.6 is 0 Å². The van der Waals surface area contributed by atoms with Crippen molar-refractivity contribution in [2.24, 2.45) is 5.92 Å². The maximum Gasteiger partial charge on any atom is 0.253 e. The highest BCUT2D eigenvalue weighted by Gasteiger charge is 2.29. The number of hydrogen-bond donors (Lipinski definition) is 1. The number of nitrogens with zero attached hydrogens (tertiary/aromatic N) is 1. The molecule has 1 atom stereocenters. The van der Waals surface area contributed by atoms with Gasteiger partial charge in [0.1, 0.15) is 5.58 Å². The van der Waals surface area contributed by atoms with Crippen LogP contribution in [-0.4, -0.2) is 29.8 Å². The van der Waals surface area contributed by atoms with Crippen molar-refractivity contribution in [1.29, 1.82) is 0 Å². The number of nitrogens with one attached hydrogen (secondary N) is 1. The maximum atomic E-state index is 12.9. The standard InChI is InChI=1S/C22H22N2O3/c1-15-4-7-19(8-5-15)23-21(25)18-3-2-11-24(14-18)22(26)17-6-9-20-16(13-17)10-12-27-20/h4-10,12-13,18H,2-3,11,14H2,1H3,(H,23,25). The Morgan fingerprint density at radius 3 is 2.74 bits per heavy atom. The van der Waals surface area contributed by atoms with Gasteiger partial charge in [0.25, 0.3) is 5.91 Å². The van der Waals surface area contributed by atoms with Crippen molar-refractivity contribution < 1.29 is 14.0 Å². The summed E-state index contributed by atoms with van der Waals surface area (Å²) in [5.41, 5.74) is 3.33. The fourth-order valence-corrected chi connectivity index (χ4v) is 3.54. The van der Waals surface area contributed by atoms with Gasteiger partial charge in [0.2, 0.25) is 5.91 Å². The molecule has 0 bridgehead atoms. The second-order valence-electron chi connectivity index (χ2n) is 7.12. The lowest BCUT2D eigenvalue weighted by Crippen LogP contribution is -2.43. The zero-order chi connectivity index (χ0) is 18.8. The van der Waals surface area contributed by atoms with Crippen molar-refractivity contribution in [2.75, 3.05) is 18.4 Å². The summed E-state index contributed by atoms with van der Waals surface area (Å²) in [6.07, 6.45) is 3.24. The summed E-state index contributed by atoms with van der Waals surface area (Å²) in [6, 6.07) is 15.0. The summed E-state index contributed by atoms with van der Waals surface area (Å²) in [5.74, 6) is -0.255. The molecular weight excluding hydrogens is 340 g/mol. The summed E-state index contributed by atoms with van der Waals surface area (Å²) >= 11 is 0. The summed E-state index contributed by atoms with van der Waals surface area (Å²) < 4.78 is 5.33. The van der Waals surface area contributed by atoms with Crippen LogP contribution in [0.15, 0.2) is 59.2 Å². The van der Waals surface area contributed by atoms with Crippen molar-refractivity contribution in [2.45, 2.75) is 19.8 Å². The number of furan rings is 1. The van der Waals surface area contributed by atoms with E-state index >= 15 is 0 Å². The van der Waals surface area contributed by atoms with Crippen LogP contribution in [0.4, 0.5) is 5.69 Å². The van der Waals surface area contributed by atoms with Gasteiger partial charge < -0.3 is 14.6 Å². The third kappa shape index (κ3) is 3.72. The fourth-order valence-electron chi connectivity index (χ4n) is 3.54. The summed E-state index contributed by atoms with van der Waals surface area (Å²) in [4.78, 5) is 27.3. The summed E-state index contributed by atoms with van der Waals surface area (Å²) in [6.45, 7) is 3.13. The molecule has 1 N–H and O–H groups in total. The monoisotopic (exact) mass is 362 g/mol. The van der Waals surface area contributed by atoms with E-state index in [2.05, 4.69) is 5.32 Å². The van der Waals surface area contributed by atoms with Crippen molar-refractivity contribution >= 4 is 28.5 Å². The van der Waals surface area contributed by atoms with Gasteiger partial charge >= 0.3 is 0 Å². The quantitative estimate of drug-likeness (QED) is 0.758. The lowest BCUT2D eigenvalue weighted by atomic mass is 9.96. The van der Waals surface area contributed by atoms with E-state index in [1.807, 2.05) is 49.4 Å². The van der Waals surface area contributed by atoms with Crippen LogP contribution in [-0.2, 0) is 4.79 Å². The Bertz CT molecular complexity index is 975. The number of aryl methyl sites for hydroxylation is 1. The first-order valence-electron chi connectivity index (χ1n) is 9.24. The average Bonchev–Trinajstić information content (AvgIpc) is 3.17. The first-order valence-corrected chi connectivity index (χ1v) is 9.24. The Labute approximate surface area is 158 Å². The topological polar surface area (TPSA) is 62.6 Å². The van der Waals surface area contributed by atoms with Crippen LogP contribution in [0.1, 0.15) is 28.8 Å². The molecule has 1 fully saturated rings. The molecule has 27 heavy (non-hydrogen) atoms. The lowest BCUT2D eigenvalue weighted by Gasteiger charge is -2.32. The molecule has 2 heterocycles. The van der Waals surface area contributed by atoms with Gasteiger partial charge in [0.15, 0.2) is 0 Å². The third-order valence-electron chi connectivity index (χ3n) is 5.10. The van der Waals surface area contributed by atoms with Crippen molar-refractivity contribution in [3.8, 4) is 0 Å². The van der Waals surface area contributed by atoms with Gasteiger partial charge in [-0.3, -0.25) is 9.59 Å². The SMILES string of the molecule is Cc1ccc(NC(=O)C2CCCN(C(=O)c3ccc4occc4c3)C2)cc1. The van der Waals surface area contributed by atoms with Gasteiger partial charge in [0, 0.05) is 29.7 Å². The molecule has 138 valence electrons. The smallest absolute Gasteiger partial charge is 0.253 e. The molecule has 1 unspecified atom stereocenters. The van der Waals surface area contributed by atoms with Crippen molar-refractivity contribution in [3.63, 3.8) is 0 Å². The molecule has 0 radical (unpaired) electrons. The van der Waals surface area contributed by atoms with Crippen LogP contribution < -0.4 is 5.32 Å². The Balaban J connectivity index is 1.44. The number of amides is 2. The fraction of sp³-hybridized carbons (Fsp3) is 0.273. The van der Waals surface area contributed by atoms with Gasteiger partial charge in [-0.15, -0.1) is 0 Å². The zero-order valence-electron chi connectivity index (χ0n) is 15.3. The van der Waals surface area contributed by atoms with Crippen LogP contribution in [0, 0.1) is 12.8 Å². The number of carbonyl (C=O) groups is 2. The van der Waals surface area contributed by atoms with E-state index in [1.165, 1.54) is 0 Å². The molecule has 0 spiro atoms. The highest BCUT2D eigenvalue weighted by molar-refractivity contribution is 5.98. The van der Waals surface area contributed by atoms with E-state index in [0.717, 1.165) is 35.1 Å². The Morgan fingerprint density at radius 1 is 1.11 bits per heavy atom. The number of hydrogen-bond acceptors (Lipinski definition) is 3. The van der Waals surface area contributed by atoms with Crippen LogP contribution in [0.3, 0.4) is 0 Å². The summed E-state index contributed by atoms with van der Waals surface area (Å²) in [7, 11) is 0. The molecule has 5 nitrogen and oxygen atoms in total. The number of fused-ring (bicyclic) bond motifs is 1. The highest BCUT2D eigenvalue weighted by Crippen LogP contribution is 2.23. The van der Waals surface area contributed by atoms with E-state index in [9.17, 15) is 9.59 Å². The second-order valence-corrected chi connectivity index (χ2v) is 7.12. The van der Waals surface area contributed by atoms with Crippen LogP contribution in [0.5, 0.6) is 0 Å². The Morgan fingerprint density at radius 2 is 1.93 bits per heavy atom. The minimum atomic E-state index is -0.193. The number of likely N-dealkylation sites (tertiary alicyclic amines) is 1. The molecule has 1 saturated heterocycles. The highest BCUT2D eigenvalue weighted by atomic mass is 16.3. The molecule has 0 aliphatic carbocycles. The van der Waals surface area contributed by atoms with Crippen LogP contribution in [0.2, 0.25) is 0 Å². The van der Waals surface area contributed by atoms with E-state index in [4.69, 9.17) is 4.42 Å². The number of piperidine rings is 1. The van der Waals surface area contributed by atoms with Gasteiger partial charge in [-0.25, -0.2) is 0 Å². The summed E-state index contributed by atoms with van der Waals surface area (Å²) in [5, 5.41) is 3.88. The molecule has 2 aromatic carbocycles. The lowest BCUT2D eigenvalue weighted by molar-refractivity contribution is -0.121. The third-order valence-corrected chi connectivity index (χ3v) is 5.10. The maximum absolute atomic E-state index is 12.9. The Kier molecular flexibility index (Phi) is 4.67. The molecule has 5 heteroatoms. The van der Waals surface area contributed by atoms with E-state index in [1.54, 1.807) is 17.2 Å². The van der Waals surface area contributed by atoms with E-state index < -0.39 is 0 Å². The first-order chi connectivity index (χ1) is 13.1. The van der Waals surface area contributed by atoms with E-state index in [0.29, 0.717) is 18.7 Å². The predicted molar refractivity (Wildman–Crippen MR) is 105 cm³/mol. The van der Waals surface area contributed by atoms with Gasteiger partial charge in [-0.2, -0.15) is 0 Å². The minimum absolute atomic E-state index is 0.0263. The molecule has 0 saturated carbocycles. The molecule has 1 aliphatic heterocycles. The molecule has 3 aromatic rings. The predicted octanol–water partition coefficient (Wildman–Crippen LogP) is 4.23. The number of rotatable bonds is 3. The molecule has 4 rings (SSSR count). The van der Waals surface area contributed by atoms with Crippen molar-refractivity contribution in [3.05, 3.63) is 65.9 Å². The zero-order valence-corrected chi connectivity index (χ0v) is 15.3. The largest absolute Gasteiger partial charge is 0.464 e. The minimum Gasteiger partial charge on any atom is -0.464 e. The Hall–Kier alpha value is -3.08. The normalized spacial score (nSPS) is 17.1. The van der Waals surface area contributed by atoms with Gasteiger partial charge in [0.05, 0.1) is 12.2 Å². The van der Waals surface area contributed by atoms with E-state index in [-0.39, 0.29) is 17.7 Å². The number of anilines is 1. The van der Waals surface area contributed by atoms with Gasteiger partial charge in [-0.05, 0) is 56.2 Å². The van der Waals surface area contributed by atoms with Crippen molar-refractivity contribution in [1.82, 2.24) is 4.90 Å². The number of carbonyl (C=O) groups excluding carboxylic acids is 2. The second kappa shape index (κ2) is 7.27. The molecule has 2 amide bonds. The first kappa shape index (κ1) is 17.3. The molecule has 1 aliphatic rings. The molecule has 1 aromatic heterocycles. The molecular formula is C22H22N2O3. The average molecular weight is 362 g/mol.